The van der Waals surface area contributed by atoms with Crippen molar-refractivity contribution < 1.29 is 0 Å². The van der Waals surface area contributed by atoms with Crippen LogP contribution in [0.2, 0.25) is 5.15 Å². The first kappa shape index (κ1) is 11.2. The van der Waals surface area contributed by atoms with Crippen molar-refractivity contribution in [2.24, 2.45) is 7.05 Å². The van der Waals surface area contributed by atoms with Gasteiger partial charge in [0.2, 0.25) is 0 Å². The van der Waals surface area contributed by atoms with E-state index in [1.165, 1.54) is 0 Å². The molecule has 0 aliphatic carbocycles. The minimum absolute atomic E-state index is 0.552. The zero-order valence-electron chi connectivity index (χ0n) is 10.1. The number of aryl methyl sites for hydroxylation is 2. The molecule has 0 aliphatic rings. The Morgan fingerprint density at radius 1 is 1.33 bits per heavy atom. The Kier molecular flexibility index (Phi) is 2.56. The number of nitrogens with zero attached hydrogens (tertiary/aromatic N) is 5. The van der Waals surface area contributed by atoms with Crippen molar-refractivity contribution >= 4 is 17.2 Å². The van der Waals surface area contributed by atoms with Crippen molar-refractivity contribution in [3.05, 3.63) is 35.2 Å². The molecule has 3 aromatic heterocycles. The molecule has 0 aromatic carbocycles. The zero-order valence-corrected chi connectivity index (χ0v) is 10.9. The van der Waals surface area contributed by atoms with E-state index in [1.807, 2.05) is 13.1 Å². The Morgan fingerprint density at radius 2 is 2.17 bits per heavy atom. The average Bonchev–Trinajstić information content (AvgIpc) is 2.94. The van der Waals surface area contributed by atoms with E-state index in [-0.39, 0.29) is 0 Å². The molecule has 0 aliphatic heterocycles. The van der Waals surface area contributed by atoms with Crippen LogP contribution < -0.4 is 0 Å². The number of hydrogen-bond donors (Lipinski definition) is 0. The van der Waals surface area contributed by atoms with Gasteiger partial charge in [0, 0.05) is 24.9 Å². The van der Waals surface area contributed by atoms with E-state index in [1.54, 1.807) is 27.7 Å². The van der Waals surface area contributed by atoms with E-state index in [0.717, 1.165) is 29.0 Å². The van der Waals surface area contributed by atoms with Crippen molar-refractivity contribution in [2.75, 3.05) is 0 Å². The Morgan fingerprint density at radius 3 is 2.83 bits per heavy atom. The summed E-state index contributed by atoms with van der Waals surface area (Å²) in [6.07, 6.45) is 4.43. The summed E-state index contributed by atoms with van der Waals surface area (Å²) in [4.78, 5) is 4.63. The molecule has 18 heavy (non-hydrogen) atoms. The van der Waals surface area contributed by atoms with E-state index < -0.39 is 0 Å². The number of halogens is 1. The fourth-order valence-electron chi connectivity index (χ4n) is 1.98. The molecule has 92 valence electrons. The summed E-state index contributed by atoms with van der Waals surface area (Å²) in [5.74, 6) is 0. The third-order valence-corrected chi connectivity index (χ3v) is 3.23. The predicted octanol–water partition coefficient (Wildman–Crippen LogP) is 2.35. The van der Waals surface area contributed by atoms with Gasteiger partial charge in [-0.1, -0.05) is 18.5 Å². The fourth-order valence-corrected chi connectivity index (χ4v) is 2.20. The van der Waals surface area contributed by atoms with Crippen molar-refractivity contribution in [2.45, 2.75) is 13.3 Å². The van der Waals surface area contributed by atoms with Gasteiger partial charge in [-0.3, -0.25) is 4.68 Å². The molecule has 5 nitrogen and oxygen atoms in total. The van der Waals surface area contributed by atoms with Crippen LogP contribution in [0.15, 0.2) is 24.5 Å². The molecular formula is C12H12ClN5. The van der Waals surface area contributed by atoms with Crippen LogP contribution in [-0.2, 0) is 13.5 Å². The van der Waals surface area contributed by atoms with Gasteiger partial charge in [0.05, 0.1) is 17.6 Å². The molecule has 3 aromatic rings. The van der Waals surface area contributed by atoms with Crippen LogP contribution in [-0.4, -0.2) is 24.4 Å². The minimum Gasteiger partial charge on any atom is -0.266 e. The molecule has 0 saturated heterocycles. The van der Waals surface area contributed by atoms with Gasteiger partial charge in [-0.2, -0.15) is 10.2 Å². The molecule has 0 bridgehead atoms. The summed E-state index contributed by atoms with van der Waals surface area (Å²) in [6, 6.07) is 3.72. The van der Waals surface area contributed by atoms with Crippen molar-refractivity contribution in [1.29, 1.82) is 0 Å². The van der Waals surface area contributed by atoms with Crippen LogP contribution in [0, 0.1) is 0 Å². The van der Waals surface area contributed by atoms with Crippen LogP contribution in [0.25, 0.3) is 17.0 Å². The molecule has 0 spiro atoms. The summed E-state index contributed by atoms with van der Waals surface area (Å²) in [5, 5.41) is 8.93. The maximum Gasteiger partial charge on any atom is 0.160 e. The number of hydrogen-bond acceptors (Lipinski definition) is 3. The highest BCUT2D eigenvalue weighted by atomic mass is 35.5. The molecule has 0 N–H and O–H groups in total. The van der Waals surface area contributed by atoms with Gasteiger partial charge in [-0.05, 0) is 12.5 Å². The molecule has 0 atom stereocenters. The quantitative estimate of drug-likeness (QED) is 0.666. The van der Waals surface area contributed by atoms with Crippen molar-refractivity contribution in [1.82, 2.24) is 24.4 Å². The first-order valence-electron chi connectivity index (χ1n) is 5.72. The second kappa shape index (κ2) is 4.10. The highest BCUT2D eigenvalue weighted by Gasteiger charge is 2.12. The Bertz CT molecular complexity index is 712. The SMILES string of the molecule is CCc1cnn2c(Cl)cc(-c3ccnn3C)nc12. The molecular weight excluding hydrogens is 250 g/mol. The molecule has 3 rings (SSSR count). The van der Waals surface area contributed by atoms with Crippen LogP contribution in [0.5, 0.6) is 0 Å². The van der Waals surface area contributed by atoms with Crippen LogP contribution in [0.4, 0.5) is 0 Å². The van der Waals surface area contributed by atoms with E-state index in [0.29, 0.717) is 5.15 Å². The summed E-state index contributed by atoms with van der Waals surface area (Å²) >= 11 is 6.23. The third-order valence-electron chi connectivity index (χ3n) is 2.97. The Hall–Kier alpha value is -1.88. The Labute approximate surface area is 109 Å². The van der Waals surface area contributed by atoms with Gasteiger partial charge in [0.25, 0.3) is 0 Å². The molecule has 3 heterocycles. The van der Waals surface area contributed by atoms with Gasteiger partial charge in [-0.15, -0.1) is 0 Å². The molecule has 0 fully saturated rings. The predicted molar refractivity (Wildman–Crippen MR) is 69.6 cm³/mol. The Balaban J connectivity index is 2.29. The van der Waals surface area contributed by atoms with Crippen molar-refractivity contribution in [3.63, 3.8) is 0 Å². The molecule has 0 unspecified atom stereocenters. The van der Waals surface area contributed by atoms with Gasteiger partial charge in [-0.25, -0.2) is 9.50 Å². The lowest BCUT2D eigenvalue weighted by Gasteiger charge is -2.04. The normalized spacial score (nSPS) is 11.3. The summed E-state index contributed by atoms with van der Waals surface area (Å²) < 4.78 is 3.43. The number of rotatable bonds is 2. The maximum atomic E-state index is 6.23. The third kappa shape index (κ3) is 1.59. The lowest BCUT2D eigenvalue weighted by atomic mass is 10.2. The molecule has 0 amide bonds. The van der Waals surface area contributed by atoms with E-state index in [9.17, 15) is 0 Å². The topological polar surface area (TPSA) is 48.0 Å². The standard InChI is InChI=1S/C12H12ClN5/c1-3-8-7-15-18-11(13)6-9(16-12(8)18)10-4-5-14-17(10)2/h4-7H,3H2,1-2H3. The highest BCUT2D eigenvalue weighted by Crippen LogP contribution is 2.23. The number of aromatic nitrogens is 5. The molecule has 0 saturated carbocycles. The molecule has 0 radical (unpaired) electrons. The largest absolute Gasteiger partial charge is 0.266 e. The lowest BCUT2D eigenvalue weighted by molar-refractivity contribution is 0.772. The fraction of sp³-hybridized carbons (Fsp3) is 0.250. The van der Waals surface area contributed by atoms with Crippen LogP contribution >= 0.6 is 11.6 Å². The van der Waals surface area contributed by atoms with Crippen LogP contribution in [0.1, 0.15) is 12.5 Å². The summed E-state index contributed by atoms with van der Waals surface area (Å²) in [7, 11) is 1.88. The van der Waals surface area contributed by atoms with Gasteiger partial charge < -0.3 is 0 Å². The summed E-state index contributed by atoms with van der Waals surface area (Å²) in [5.41, 5.74) is 3.63. The van der Waals surface area contributed by atoms with E-state index in [4.69, 9.17) is 11.6 Å². The summed E-state index contributed by atoms with van der Waals surface area (Å²) in [6.45, 7) is 2.07. The van der Waals surface area contributed by atoms with E-state index >= 15 is 0 Å². The average molecular weight is 262 g/mol. The molecule has 6 heteroatoms. The first-order valence-corrected chi connectivity index (χ1v) is 6.10. The van der Waals surface area contributed by atoms with Gasteiger partial charge in [0.15, 0.2) is 5.65 Å². The monoisotopic (exact) mass is 261 g/mol. The minimum atomic E-state index is 0.552. The van der Waals surface area contributed by atoms with Crippen LogP contribution in [0.3, 0.4) is 0 Å². The second-order valence-corrected chi connectivity index (χ2v) is 4.45. The lowest BCUT2D eigenvalue weighted by Crippen LogP contribution is -1.99. The highest BCUT2D eigenvalue weighted by molar-refractivity contribution is 6.30. The second-order valence-electron chi connectivity index (χ2n) is 4.06. The maximum absolute atomic E-state index is 6.23. The van der Waals surface area contributed by atoms with Gasteiger partial charge in [0.1, 0.15) is 5.15 Å². The van der Waals surface area contributed by atoms with E-state index in [2.05, 4.69) is 22.1 Å². The number of fused-ring (bicyclic) bond motifs is 1. The zero-order chi connectivity index (χ0) is 12.7. The van der Waals surface area contributed by atoms with Gasteiger partial charge >= 0.3 is 0 Å². The smallest absolute Gasteiger partial charge is 0.160 e. The van der Waals surface area contributed by atoms with Crippen molar-refractivity contribution in [3.8, 4) is 11.4 Å². The first-order chi connectivity index (χ1) is 8.70.